The minimum absolute atomic E-state index is 0.0399. The third-order valence-electron chi connectivity index (χ3n) is 6.47. The van der Waals surface area contributed by atoms with Crippen molar-refractivity contribution < 1.29 is 33.4 Å². The van der Waals surface area contributed by atoms with Crippen LogP contribution < -0.4 is 4.90 Å². The van der Waals surface area contributed by atoms with Crippen molar-refractivity contribution in [2.45, 2.75) is 39.0 Å². The first kappa shape index (κ1) is 28.9. The number of ether oxygens (including phenoxy) is 2. The number of rotatable bonds is 12. The number of anilines is 1. The van der Waals surface area contributed by atoms with Gasteiger partial charge in [-0.3, -0.25) is 14.4 Å². The van der Waals surface area contributed by atoms with Crippen molar-refractivity contribution >= 4 is 51.2 Å². The summed E-state index contributed by atoms with van der Waals surface area (Å²) in [5.41, 5.74) is 1.22. The Kier molecular flexibility index (Phi) is 9.60. The van der Waals surface area contributed by atoms with E-state index in [4.69, 9.17) is 9.47 Å². The molecule has 0 saturated carbocycles. The Morgan fingerprint density at radius 2 is 1.30 bits per heavy atom. The van der Waals surface area contributed by atoms with Crippen LogP contribution in [-0.4, -0.2) is 42.7 Å². The van der Waals surface area contributed by atoms with Crippen LogP contribution in [0.15, 0.2) is 71.2 Å². The third kappa shape index (κ3) is 6.71. The average molecular weight is 606 g/mol. The van der Waals surface area contributed by atoms with E-state index in [9.17, 15) is 24.0 Å². The summed E-state index contributed by atoms with van der Waals surface area (Å²) >= 11 is 3.29. The molecule has 0 unspecified atom stereocenters. The first-order chi connectivity index (χ1) is 19.3. The van der Waals surface area contributed by atoms with Gasteiger partial charge in [0.1, 0.15) is 0 Å². The number of hydrogen-bond acceptors (Lipinski definition) is 7. The molecule has 2 amide bonds. The van der Waals surface area contributed by atoms with Gasteiger partial charge in [-0.25, -0.2) is 14.5 Å². The molecule has 0 spiro atoms. The van der Waals surface area contributed by atoms with Gasteiger partial charge in [0.25, 0.3) is 11.8 Å². The van der Waals surface area contributed by atoms with Crippen LogP contribution in [0.1, 0.15) is 90.8 Å². The standard InChI is InChI=1S/C31H28BrNO7/c1-2-3-4-5-6-17-39-30(37)21-9-14-24(15-10-21)33-28(35)25-16-11-22(18-26(25)29(33)36)31(38)40-19-27(34)20-7-12-23(32)13-8-20/h7-16,18H,2-6,17,19H2,1H3. The fourth-order valence-electron chi connectivity index (χ4n) is 4.24. The summed E-state index contributed by atoms with van der Waals surface area (Å²) in [6.45, 7) is 2.01. The van der Waals surface area contributed by atoms with Crippen LogP contribution in [-0.2, 0) is 9.47 Å². The first-order valence-electron chi connectivity index (χ1n) is 13.1. The lowest BCUT2D eigenvalue weighted by Crippen LogP contribution is -2.29. The summed E-state index contributed by atoms with van der Waals surface area (Å²) in [7, 11) is 0. The number of halogens is 1. The van der Waals surface area contributed by atoms with Crippen molar-refractivity contribution in [3.63, 3.8) is 0 Å². The zero-order valence-corrected chi connectivity index (χ0v) is 23.6. The predicted molar refractivity (Wildman–Crippen MR) is 152 cm³/mol. The maximum atomic E-state index is 13.1. The highest BCUT2D eigenvalue weighted by molar-refractivity contribution is 9.10. The molecule has 1 heterocycles. The molecule has 9 heteroatoms. The van der Waals surface area contributed by atoms with Crippen molar-refractivity contribution in [3.05, 3.63) is 99.0 Å². The molecule has 40 heavy (non-hydrogen) atoms. The molecule has 0 saturated heterocycles. The van der Waals surface area contributed by atoms with Gasteiger partial charge >= 0.3 is 11.9 Å². The zero-order chi connectivity index (χ0) is 28.6. The summed E-state index contributed by atoms with van der Waals surface area (Å²) in [5.74, 6) is -2.79. The number of carbonyl (C=O) groups is 5. The summed E-state index contributed by atoms with van der Waals surface area (Å²) in [6.07, 6.45) is 5.22. The number of ketones is 1. The van der Waals surface area contributed by atoms with Crippen LogP contribution >= 0.6 is 15.9 Å². The molecule has 0 aromatic heterocycles. The topological polar surface area (TPSA) is 107 Å². The van der Waals surface area contributed by atoms with Crippen LogP contribution in [0, 0.1) is 0 Å². The molecule has 8 nitrogen and oxygen atoms in total. The SMILES string of the molecule is CCCCCCCOC(=O)c1ccc(N2C(=O)c3ccc(C(=O)OCC(=O)c4ccc(Br)cc4)cc3C2=O)cc1. The van der Waals surface area contributed by atoms with E-state index in [1.54, 1.807) is 24.3 Å². The van der Waals surface area contributed by atoms with E-state index in [-0.39, 0.29) is 28.2 Å². The summed E-state index contributed by atoms with van der Waals surface area (Å²) in [6, 6.07) is 16.7. The van der Waals surface area contributed by atoms with Crippen molar-refractivity contribution in [1.29, 1.82) is 0 Å². The Balaban J connectivity index is 1.37. The average Bonchev–Trinajstić information content (AvgIpc) is 3.22. The molecular weight excluding hydrogens is 578 g/mol. The molecule has 0 atom stereocenters. The summed E-state index contributed by atoms with van der Waals surface area (Å²) in [4.78, 5) is 64.3. The molecule has 0 radical (unpaired) electrons. The second-order valence-corrected chi connectivity index (χ2v) is 10.2. The lowest BCUT2D eigenvalue weighted by Gasteiger charge is -2.14. The molecule has 4 rings (SSSR count). The van der Waals surface area contributed by atoms with Gasteiger partial charge in [0, 0.05) is 10.0 Å². The van der Waals surface area contributed by atoms with E-state index in [2.05, 4.69) is 22.9 Å². The number of hydrogen-bond donors (Lipinski definition) is 0. The normalized spacial score (nSPS) is 12.3. The fraction of sp³-hybridized carbons (Fsp3) is 0.258. The van der Waals surface area contributed by atoms with Crippen molar-refractivity contribution in [2.75, 3.05) is 18.1 Å². The Morgan fingerprint density at radius 1 is 0.700 bits per heavy atom. The van der Waals surface area contributed by atoms with E-state index >= 15 is 0 Å². The highest BCUT2D eigenvalue weighted by atomic mass is 79.9. The van der Waals surface area contributed by atoms with Crippen LogP contribution in [0.4, 0.5) is 5.69 Å². The summed E-state index contributed by atoms with van der Waals surface area (Å²) in [5, 5.41) is 0. The fourth-order valence-corrected chi connectivity index (χ4v) is 4.50. The Labute approximate surface area is 240 Å². The molecule has 1 aliphatic heterocycles. The van der Waals surface area contributed by atoms with E-state index in [0.717, 1.165) is 41.5 Å². The second kappa shape index (κ2) is 13.3. The van der Waals surface area contributed by atoms with Gasteiger partial charge < -0.3 is 9.47 Å². The van der Waals surface area contributed by atoms with E-state index in [0.29, 0.717) is 17.7 Å². The van der Waals surface area contributed by atoms with Gasteiger partial charge in [-0.15, -0.1) is 0 Å². The Morgan fingerprint density at radius 3 is 2.00 bits per heavy atom. The van der Waals surface area contributed by atoms with Gasteiger partial charge in [-0.1, -0.05) is 60.7 Å². The number of nitrogens with zero attached hydrogens (tertiary/aromatic N) is 1. The number of esters is 2. The molecule has 0 N–H and O–H groups in total. The van der Waals surface area contributed by atoms with Crippen LogP contribution in [0.25, 0.3) is 0 Å². The van der Waals surface area contributed by atoms with Crippen LogP contribution in [0.5, 0.6) is 0 Å². The van der Waals surface area contributed by atoms with Crippen molar-refractivity contribution in [2.24, 2.45) is 0 Å². The number of Topliss-reactive ketones (excluding diaryl/α,β-unsaturated/α-hetero) is 1. The minimum atomic E-state index is -0.791. The minimum Gasteiger partial charge on any atom is -0.462 e. The molecule has 3 aromatic rings. The third-order valence-corrected chi connectivity index (χ3v) is 6.99. The molecule has 206 valence electrons. The predicted octanol–water partition coefficient (Wildman–Crippen LogP) is 6.42. The lowest BCUT2D eigenvalue weighted by atomic mass is 10.1. The van der Waals surface area contributed by atoms with E-state index in [1.165, 1.54) is 42.5 Å². The number of amides is 2. The molecule has 1 aliphatic rings. The molecule has 3 aromatic carbocycles. The van der Waals surface area contributed by atoms with Crippen LogP contribution in [0.3, 0.4) is 0 Å². The first-order valence-corrected chi connectivity index (χ1v) is 13.9. The molecule has 0 bridgehead atoms. The number of fused-ring (bicyclic) bond motifs is 1. The van der Waals surface area contributed by atoms with Crippen molar-refractivity contribution in [3.8, 4) is 0 Å². The molecular formula is C31H28BrNO7. The van der Waals surface area contributed by atoms with E-state index < -0.39 is 30.4 Å². The monoisotopic (exact) mass is 605 g/mol. The Bertz CT molecular complexity index is 1430. The molecule has 0 fully saturated rings. The number of unbranched alkanes of at least 4 members (excludes halogenated alkanes) is 4. The van der Waals surface area contributed by atoms with Crippen molar-refractivity contribution in [1.82, 2.24) is 0 Å². The second-order valence-electron chi connectivity index (χ2n) is 9.31. The van der Waals surface area contributed by atoms with Gasteiger partial charge in [0.15, 0.2) is 12.4 Å². The number of benzene rings is 3. The smallest absolute Gasteiger partial charge is 0.338 e. The summed E-state index contributed by atoms with van der Waals surface area (Å²) < 4.78 is 11.3. The maximum Gasteiger partial charge on any atom is 0.338 e. The largest absolute Gasteiger partial charge is 0.462 e. The van der Waals surface area contributed by atoms with Gasteiger partial charge in [0.2, 0.25) is 0 Å². The quantitative estimate of drug-likeness (QED) is 0.101. The molecule has 0 aliphatic carbocycles. The van der Waals surface area contributed by atoms with Gasteiger partial charge in [-0.05, 0) is 61.0 Å². The van der Waals surface area contributed by atoms with Crippen LogP contribution in [0.2, 0.25) is 0 Å². The number of carbonyl (C=O) groups excluding carboxylic acids is 5. The van der Waals surface area contributed by atoms with Gasteiger partial charge in [0.05, 0.1) is 34.5 Å². The highest BCUT2D eigenvalue weighted by Gasteiger charge is 2.37. The maximum absolute atomic E-state index is 13.1. The zero-order valence-electron chi connectivity index (χ0n) is 22.0. The Hall–Kier alpha value is -4.11. The lowest BCUT2D eigenvalue weighted by molar-refractivity contribution is 0.0473. The van der Waals surface area contributed by atoms with E-state index in [1.807, 2.05) is 0 Å². The van der Waals surface area contributed by atoms with Gasteiger partial charge in [-0.2, -0.15) is 0 Å². The highest BCUT2D eigenvalue weighted by Crippen LogP contribution is 2.29. The number of imide groups is 1.